The van der Waals surface area contributed by atoms with Crippen molar-refractivity contribution in [2.24, 2.45) is 11.7 Å². The van der Waals surface area contributed by atoms with Gasteiger partial charge < -0.3 is 10.3 Å². The van der Waals surface area contributed by atoms with E-state index in [-0.39, 0.29) is 6.04 Å². The molecule has 0 radical (unpaired) electrons. The van der Waals surface area contributed by atoms with E-state index >= 15 is 0 Å². The second-order valence-corrected chi connectivity index (χ2v) is 6.31. The van der Waals surface area contributed by atoms with Crippen LogP contribution in [0, 0.1) is 5.92 Å². The average Bonchev–Trinajstić information content (AvgIpc) is 2.86. The Labute approximate surface area is 113 Å². The quantitative estimate of drug-likeness (QED) is 0.858. The molecule has 18 heavy (non-hydrogen) atoms. The molecule has 1 aromatic heterocycles. The highest BCUT2D eigenvalue weighted by Crippen LogP contribution is 2.30. The van der Waals surface area contributed by atoms with Crippen LogP contribution in [-0.4, -0.2) is 15.9 Å². The third kappa shape index (κ3) is 3.99. The topological polar surface area (TPSA) is 64.9 Å². The van der Waals surface area contributed by atoms with Crippen LogP contribution < -0.4 is 5.73 Å². The van der Waals surface area contributed by atoms with Crippen LogP contribution in [0.1, 0.15) is 63.2 Å². The van der Waals surface area contributed by atoms with Gasteiger partial charge in [0.1, 0.15) is 0 Å². The van der Waals surface area contributed by atoms with Crippen LogP contribution in [0.5, 0.6) is 0 Å². The molecule has 1 fully saturated rings. The Kier molecular flexibility index (Phi) is 5.50. The van der Waals surface area contributed by atoms with Gasteiger partial charge >= 0.3 is 0 Å². The SMILES string of the molecule is CCSCc1noc(C(N)CC2CCCCC2)n1. The van der Waals surface area contributed by atoms with Gasteiger partial charge in [-0.05, 0) is 18.1 Å². The number of thioether (sulfide) groups is 1. The van der Waals surface area contributed by atoms with E-state index in [1.54, 1.807) is 11.8 Å². The van der Waals surface area contributed by atoms with Crippen LogP contribution in [0.15, 0.2) is 4.52 Å². The molecule has 0 amide bonds. The third-order valence-electron chi connectivity index (χ3n) is 3.55. The maximum Gasteiger partial charge on any atom is 0.243 e. The maximum atomic E-state index is 6.16. The van der Waals surface area contributed by atoms with E-state index in [0.717, 1.165) is 29.7 Å². The molecule has 0 spiro atoms. The van der Waals surface area contributed by atoms with E-state index in [0.29, 0.717) is 5.89 Å². The predicted molar refractivity (Wildman–Crippen MR) is 74.3 cm³/mol. The standard InChI is InChI=1S/C13H23N3OS/c1-2-18-9-12-15-13(17-16-12)11(14)8-10-6-4-3-5-7-10/h10-11H,2-9,14H2,1H3. The molecule has 1 unspecified atom stereocenters. The summed E-state index contributed by atoms with van der Waals surface area (Å²) < 4.78 is 5.27. The van der Waals surface area contributed by atoms with E-state index in [4.69, 9.17) is 10.3 Å². The first-order chi connectivity index (χ1) is 8.79. The van der Waals surface area contributed by atoms with E-state index < -0.39 is 0 Å². The highest BCUT2D eigenvalue weighted by molar-refractivity contribution is 7.98. The molecule has 0 aromatic carbocycles. The van der Waals surface area contributed by atoms with Crippen molar-refractivity contribution in [3.63, 3.8) is 0 Å². The monoisotopic (exact) mass is 269 g/mol. The van der Waals surface area contributed by atoms with Gasteiger partial charge in [0, 0.05) is 0 Å². The zero-order valence-corrected chi connectivity index (χ0v) is 11.9. The van der Waals surface area contributed by atoms with Crippen molar-refractivity contribution >= 4 is 11.8 Å². The molecule has 1 aliphatic carbocycles. The first-order valence-corrected chi connectivity index (χ1v) is 8.11. The fourth-order valence-electron chi connectivity index (χ4n) is 2.55. The zero-order chi connectivity index (χ0) is 12.8. The minimum atomic E-state index is -0.0824. The molecule has 4 nitrogen and oxygen atoms in total. The van der Waals surface area contributed by atoms with Gasteiger partial charge in [-0.25, -0.2) is 0 Å². The summed E-state index contributed by atoms with van der Waals surface area (Å²) in [6, 6.07) is -0.0824. The number of rotatable bonds is 6. The minimum Gasteiger partial charge on any atom is -0.338 e. The molecule has 2 N–H and O–H groups in total. The summed E-state index contributed by atoms with van der Waals surface area (Å²) in [7, 11) is 0. The first kappa shape index (κ1) is 13.9. The molecule has 1 heterocycles. The van der Waals surface area contributed by atoms with Crippen molar-refractivity contribution in [3.05, 3.63) is 11.7 Å². The predicted octanol–water partition coefficient (Wildman–Crippen LogP) is 3.29. The number of nitrogens with two attached hydrogens (primary N) is 1. The molecule has 0 bridgehead atoms. The van der Waals surface area contributed by atoms with Crippen molar-refractivity contribution in [1.29, 1.82) is 0 Å². The average molecular weight is 269 g/mol. The summed E-state index contributed by atoms with van der Waals surface area (Å²) in [6.07, 6.45) is 7.67. The molecule has 0 saturated heterocycles. The maximum absolute atomic E-state index is 6.16. The van der Waals surface area contributed by atoms with Crippen LogP contribution >= 0.6 is 11.8 Å². The Bertz CT molecular complexity index is 350. The molecule has 0 aliphatic heterocycles. The van der Waals surface area contributed by atoms with Crippen molar-refractivity contribution < 1.29 is 4.52 Å². The molecular weight excluding hydrogens is 246 g/mol. The largest absolute Gasteiger partial charge is 0.338 e. The van der Waals surface area contributed by atoms with Crippen molar-refractivity contribution in [2.75, 3.05) is 5.75 Å². The Morgan fingerprint density at radius 2 is 2.17 bits per heavy atom. The number of aromatic nitrogens is 2. The van der Waals surface area contributed by atoms with Gasteiger partial charge in [0.15, 0.2) is 5.82 Å². The summed E-state index contributed by atoms with van der Waals surface area (Å²) in [4.78, 5) is 4.39. The smallest absolute Gasteiger partial charge is 0.243 e. The summed E-state index contributed by atoms with van der Waals surface area (Å²) in [5, 5.41) is 3.98. The first-order valence-electron chi connectivity index (χ1n) is 6.95. The molecule has 1 aromatic rings. The van der Waals surface area contributed by atoms with Crippen LogP contribution in [0.3, 0.4) is 0 Å². The van der Waals surface area contributed by atoms with Gasteiger partial charge in [-0.15, -0.1) is 0 Å². The highest BCUT2D eigenvalue weighted by atomic mass is 32.2. The van der Waals surface area contributed by atoms with Crippen LogP contribution in [0.25, 0.3) is 0 Å². The summed E-state index contributed by atoms with van der Waals surface area (Å²) >= 11 is 1.80. The van der Waals surface area contributed by atoms with Gasteiger partial charge in [0.25, 0.3) is 0 Å². The molecule has 5 heteroatoms. The zero-order valence-electron chi connectivity index (χ0n) is 11.1. The Morgan fingerprint density at radius 1 is 1.39 bits per heavy atom. The van der Waals surface area contributed by atoms with E-state index in [1.807, 2.05) is 0 Å². The lowest BCUT2D eigenvalue weighted by Crippen LogP contribution is -2.17. The lowest BCUT2D eigenvalue weighted by molar-refractivity contribution is 0.283. The molecule has 2 rings (SSSR count). The minimum absolute atomic E-state index is 0.0824. The summed E-state index contributed by atoms with van der Waals surface area (Å²) in [6.45, 7) is 2.13. The Balaban J connectivity index is 1.83. The van der Waals surface area contributed by atoms with E-state index in [9.17, 15) is 0 Å². The second-order valence-electron chi connectivity index (χ2n) is 5.03. The molecule has 1 atom stereocenters. The lowest BCUT2D eigenvalue weighted by Gasteiger charge is -2.22. The van der Waals surface area contributed by atoms with E-state index in [2.05, 4.69) is 17.1 Å². The second kappa shape index (κ2) is 7.14. The molecule has 102 valence electrons. The lowest BCUT2D eigenvalue weighted by atomic mass is 9.85. The van der Waals surface area contributed by atoms with Crippen molar-refractivity contribution in [3.8, 4) is 0 Å². The number of hydrogen-bond donors (Lipinski definition) is 1. The molecule has 1 saturated carbocycles. The summed E-state index contributed by atoms with van der Waals surface area (Å²) in [5.74, 6) is 4.02. The number of hydrogen-bond acceptors (Lipinski definition) is 5. The highest BCUT2D eigenvalue weighted by Gasteiger charge is 2.21. The van der Waals surface area contributed by atoms with Gasteiger partial charge in [-0.1, -0.05) is 44.2 Å². The van der Waals surface area contributed by atoms with Crippen molar-refractivity contribution in [1.82, 2.24) is 10.1 Å². The molecule has 1 aliphatic rings. The van der Waals surface area contributed by atoms with Crippen LogP contribution in [-0.2, 0) is 5.75 Å². The normalized spacial score (nSPS) is 19.0. The fraction of sp³-hybridized carbons (Fsp3) is 0.846. The van der Waals surface area contributed by atoms with Gasteiger partial charge in [-0.3, -0.25) is 0 Å². The Morgan fingerprint density at radius 3 is 2.89 bits per heavy atom. The summed E-state index contributed by atoms with van der Waals surface area (Å²) in [5.41, 5.74) is 6.16. The van der Waals surface area contributed by atoms with Crippen LogP contribution in [0.4, 0.5) is 0 Å². The fourth-order valence-corrected chi connectivity index (χ4v) is 3.06. The van der Waals surface area contributed by atoms with Crippen LogP contribution in [0.2, 0.25) is 0 Å². The van der Waals surface area contributed by atoms with Gasteiger partial charge in [0.2, 0.25) is 5.89 Å². The number of nitrogens with zero attached hydrogens (tertiary/aromatic N) is 2. The van der Waals surface area contributed by atoms with E-state index in [1.165, 1.54) is 32.1 Å². The molecular formula is C13H23N3OS. The van der Waals surface area contributed by atoms with Crippen molar-refractivity contribution in [2.45, 2.75) is 57.2 Å². The van der Waals surface area contributed by atoms with Gasteiger partial charge in [-0.2, -0.15) is 16.7 Å². The Hall–Kier alpha value is -0.550. The van der Waals surface area contributed by atoms with Gasteiger partial charge in [0.05, 0.1) is 11.8 Å². The third-order valence-corrected chi connectivity index (χ3v) is 4.42.